The third kappa shape index (κ3) is 1.28. The lowest BCUT2D eigenvalue weighted by Crippen LogP contribution is -2.12. The van der Waals surface area contributed by atoms with Crippen LogP contribution in [0.25, 0.3) is 10.2 Å². The normalized spacial score (nSPS) is 10.2. The van der Waals surface area contributed by atoms with Crippen LogP contribution in [0.1, 0.15) is 21.6 Å². The topological polar surface area (TPSA) is 119 Å². The fourth-order valence-corrected chi connectivity index (χ4v) is 2.25. The zero-order valence-corrected chi connectivity index (χ0v) is 9.13. The van der Waals surface area contributed by atoms with Crippen LogP contribution in [0.15, 0.2) is 0 Å². The summed E-state index contributed by atoms with van der Waals surface area (Å²) in [5.41, 5.74) is 12.2. The molecule has 0 aromatic carbocycles. The Balaban J connectivity index is 2.91. The Kier molecular flexibility index (Phi) is 2.21. The highest BCUT2D eigenvalue weighted by molar-refractivity contribution is 7.13. The lowest BCUT2D eigenvalue weighted by atomic mass is 10.1. The Labute approximate surface area is 94.7 Å². The van der Waals surface area contributed by atoms with Crippen LogP contribution in [0.4, 0.5) is 5.82 Å². The third-order valence-electron chi connectivity index (χ3n) is 2.22. The SMILES string of the molecule is Cc1c(C#N)c(N)nc2c(C(N)=O)nsc12. The number of nitrogens with two attached hydrogens (primary N) is 2. The van der Waals surface area contributed by atoms with E-state index in [2.05, 4.69) is 9.36 Å². The van der Waals surface area contributed by atoms with E-state index in [0.29, 0.717) is 21.3 Å². The van der Waals surface area contributed by atoms with Crippen molar-refractivity contribution in [1.29, 1.82) is 5.26 Å². The largest absolute Gasteiger partial charge is 0.383 e. The number of pyridine rings is 1. The summed E-state index contributed by atoms with van der Waals surface area (Å²) in [6, 6.07) is 1.97. The van der Waals surface area contributed by atoms with E-state index in [1.54, 1.807) is 6.92 Å². The van der Waals surface area contributed by atoms with Gasteiger partial charge in [-0.05, 0) is 24.0 Å². The molecule has 2 rings (SSSR count). The first-order chi connectivity index (χ1) is 7.56. The summed E-state index contributed by atoms with van der Waals surface area (Å²) in [6.45, 7) is 1.74. The number of carbonyl (C=O) groups excluding carboxylic acids is 1. The molecule has 6 nitrogen and oxygen atoms in total. The van der Waals surface area contributed by atoms with E-state index < -0.39 is 5.91 Å². The number of amides is 1. The summed E-state index contributed by atoms with van der Waals surface area (Å²) in [4.78, 5) is 15.1. The number of primary amides is 1. The van der Waals surface area contributed by atoms with Crippen molar-refractivity contribution in [2.75, 3.05) is 5.73 Å². The molecule has 2 heterocycles. The second-order valence-electron chi connectivity index (χ2n) is 3.18. The molecule has 0 saturated heterocycles. The number of aryl methyl sites for hydroxylation is 1. The van der Waals surface area contributed by atoms with Crippen LogP contribution < -0.4 is 11.5 Å². The van der Waals surface area contributed by atoms with Gasteiger partial charge in [0.05, 0.1) is 10.3 Å². The van der Waals surface area contributed by atoms with Crippen molar-refractivity contribution in [2.24, 2.45) is 5.73 Å². The van der Waals surface area contributed by atoms with Crippen LogP contribution in [0, 0.1) is 18.3 Å². The smallest absolute Gasteiger partial charge is 0.270 e. The summed E-state index contributed by atoms with van der Waals surface area (Å²) in [7, 11) is 0. The predicted molar refractivity (Wildman–Crippen MR) is 59.8 cm³/mol. The molecule has 0 atom stereocenters. The molecule has 0 aliphatic rings. The van der Waals surface area contributed by atoms with Gasteiger partial charge in [0, 0.05) is 0 Å². The van der Waals surface area contributed by atoms with Gasteiger partial charge in [-0.25, -0.2) is 4.98 Å². The number of fused-ring (bicyclic) bond motifs is 1. The number of anilines is 1. The molecule has 0 unspecified atom stereocenters. The summed E-state index contributed by atoms with van der Waals surface area (Å²) in [6.07, 6.45) is 0. The third-order valence-corrected chi connectivity index (χ3v) is 3.17. The minimum Gasteiger partial charge on any atom is -0.383 e. The molecule has 0 aliphatic heterocycles. The molecule has 0 saturated carbocycles. The number of rotatable bonds is 1. The Morgan fingerprint density at radius 2 is 2.25 bits per heavy atom. The van der Waals surface area contributed by atoms with Crippen LogP contribution in [-0.4, -0.2) is 15.3 Å². The van der Waals surface area contributed by atoms with Crippen molar-refractivity contribution in [3.63, 3.8) is 0 Å². The van der Waals surface area contributed by atoms with E-state index in [0.717, 1.165) is 11.5 Å². The van der Waals surface area contributed by atoms with Crippen molar-refractivity contribution in [3.8, 4) is 6.07 Å². The summed E-state index contributed by atoms with van der Waals surface area (Å²) < 4.78 is 4.58. The van der Waals surface area contributed by atoms with E-state index in [9.17, 15) is 4.79 Å². The molecule has 1 amide bonds. The van der Waals surface area contributed by atoms with Gasteiger partial charge in [0.1, 0.15) is 17.4 Å². The Hall–Kier alpha value is -2.20. The second-order valence-corrected chi connectivity index (χ2v) is 3.96. The number of aromatic nitrogens is 2. The maximum Gasteiger partial charge on any atom is 0.270 e. The van der Waals surface area contributed by atoms with Crippen LogP contribution in [-0.2, 0) is 0 Å². The van der Waals surface area contributed by atoms with Gasteiger partial charge in [-0.15, -0.1) is 0 Å². The monoisotopic (exact) mass is 233 g/mol. The molecule has 0 fully saturated rings. The van der Waals surface area contributed by atoms with Crippen molar-refractivity contribution < 1.29 is 4.79 Å². The molecule has 0 radical (unpaired) electrons. The minimum atomic E-state index is -0.651. The average molecular weight is 233 g/mol. The highest BCUT2D eigenvalue weighted by Gasteiger charge is 2.18. The zero-order valence-electron chi connectivity index (χ0n) is 8.31. The van der Waals surface area contributed by atoms with Gasteiger partial charge in [0.2, 0.25) is 0 Å². The van der Waals surface area contributed by atoms with Gasteiger partial charge in [-0.1, -0.05) is 0 Å². The first-order valence-corrected chi connectivity index (χ1v) is 5.09. The summed E-state index contributed by atoms with van der Waals surface area (Å²) in [5.74, 6) is -0.558. The van der Waals surface area contributed by atoms with Gasteiger partial charge in [0.25, 0.3) is 5.91 Å². The zero-order chi connectivity index (χ0) is 11.9. The quantitative estimate of drug-likeness (QED) is 0.745. The fraction of sp³-hybridized carbons (Fsp3) is 0.111. The van der Waals surface area contributed by atoms with E-state index in [1.165, 1.54) is 0 Å². The van der Waals surface area contributed by atoms with Crippen LogP contribution in [0.3, 0.4) is 0 Å². The van der Waals surface area contributed by atoms with E-state index in [-0.39, 0.29) is 11.5 Å². The highest BCUT2D eigenvalue weighted by atomic mass is 32.1. The molecule has 4 N–H and O–H groups in total. The van der Waals surface area contributed by atoms with Crippen LogP contribution in [0.5, 0.6) is 0 Å². The van der Waals surface area contributed by atoms with Crippen molar-refractivity contribution >= 4 is 33.5 Å². The predicted octanol–water partition coefficient (Wildman–Crippen LogP) is 0.552. The number of nitrogens with zero attached hydrogens (tertiary/aromatic N) is 3. The number of hydrogen-bond donors (Lipinski definition) is 2. The Bertz CT molecular complexity index is 639. The molecule has 0 bridgehead atoms. The van der Waals surface area contributed by atoms with E-state index in [1.807, 2.05) is 6.07 Å². The van der Waals surface area contributed by atoms with E-state index >= 15 is 0 Å². The second kappa shape index (κ2) is 3.43. The molecule has 7 heteroatoms. The Morgan fingerprint density at radius 1 is 1.56 bits per heavy atom. The van der Waals surface area contributed by atoms with Crippen molar-refractivity contribution in [3.05, 3.63) is 16.8 Å². The summed E-state index contributed by atoms with van der Waals surface area (Å²) in [5, 5.41) is 8.90. The van der Waals surface area contributed by atoms with Gasteiger partial charge in [-0.3, -0.25) is 4.79 Å². The lowest BCUT2D eigenvalue weighted by Gasteiger charge is -2.01. The molecule has 16 heavy (non-hydrogen) atoms. The minimum absolute atomic E-state index is 0.0928. The number of hydrogen-bond acceptors (Lipinski definition) is 6. The molecular weight excluding hydrogens is 226 g/mol. The van der Waals surface area contributed by atoms with Gasteiger partial charge >= 0.3 is 0 Å². The maximum atomic E-state index is 11.1. The first kappa shape index (κ1) is 10.3. The molecule has 0 aliphatic carbocycles. The number of nitrogen functional groups attached to an aromatic ring is 1. The maximum absolute atomic E-state index is 11.1. The van der Waals surface area contributed by atoms with Gasteiger partial charge in [-0.2, -0.15) is 9.64 Å². The van der Waals surface area contributed by atoms with Crippen LogP contribution >= 0.6 is 11.5 Å². The molecule has 80 valence electrons. The number of carbonyl (C=O) groups is 1. The molecular formula is C9H7N5OS. The summed E-state index contributed by atoms with van der Waals surface area (Å²) >= 11 is 1.09. The van der Waals surface area contributed by atoms with Gasteiger partial charge in [0.15, 0.2) is 5.69 Å². The van der Waals surface area contributed by atoms with Crippen LogP contribution in [0.2, 0.25) is 0 Å². The van der Waals surface area contributed by atoms with Crippen molar-refractivity contribution in [1.82, 2.24) is 9.36 Å². The average Bonchev–Trinajstić information content (AvgIpc) is 2.62. The fourth-order valence-electron chi connectivity index (χ4n) is 1.42. The Morgan fingerprint density at radius 3 is 2.81 bits per heavy atom. The molecule has 2 aromatic heterocycles. The standard InChI is InChI=1S/C9H7N5OS/c1-3-4(2-10)8(11)13-5-6(9(12)15)14-16-7(3)5/h1H3,(H2,11,13)(H2,12,15). The highest BCUT2D eigenvalue weighted by Crippen LogP contribution is 2.28. The molecule has 2 aromatic rings. The van der Waals surface area contributed by atoms with Gasteiger partial charge < -0.3 is 11.5 Å². The van der Waals surface area contributed by atoms with E-state index in [4.69, 9.17) is 16.7 Å². The lowest BCUT2D eigenvalue weighted by molar-refractivity contribution is 0.0998. The van der Waals surface area contributed by atoms with Crippen molar-refractivity contribution in [2.45, 2.75) is 6.92 Å². The first-order valence-electron chi connectivity index (χ1n) is 4.31. The number of nitriles is 1. The molecule has 0 spiro atoms.